The number of rotatable bonds is 10. The quantitative estimate of drug-likeness (QED) is 0.117. The lowest BCUT2D eigenvalue weighted by molar-refractivity contribution is 0.995. The molecule has 0 N–H and O–H groups in total. The number of allylic oxidation sites excluding steroid dienone is 23. The van der Waals surface area contributed by atoms with Gasteiger partial charge in [0.25, 0.3) is 0 Å². The number of aromatic nitrogens is 3. The molecule has 0 saturated carbocycles. The molecule has 1 aromatic carbocycles. The van der Waals surface area contributed by atoms with Gasteiger partial charge in [-0.25, -0.2) is 0 Å². The molecule has 1 atom stereocenters. The molecule has 67 heavy (non-hydrogen) atoms. The second-order valence-corrected chi connectivity index (χ2v) is 16.4. The summed E-state index contributed by atoms with van der Waals surface area (Å²) in [5.41, 5.74) is 34.9. The third kappa shape index (κ3) is 10.6. The summed E-state index contributed by atoms with van der Waals surface area (Å²) >= 11 is 1.71. The molecule has 3 nitrogen and oxygen atoms in total. The van der Waals surface area contributed by atoms with Crippen molar-refractivity contribution < 1.29 is 0 Å². The van der Waals surface area contributed by atoms with Crippen molar-refractivity contribution in [2.75, 3.05) is 0 Å². The lowest BCUT2D eigenvalue weighted by Gasteiger charge is -2.15. The van der Waals surface area contributed by atoms with Gasteiger partial charge in [0.2, 0.25) is 0 Å². The van der Waals surface area contributed by atoms with Gasteiger partial charge in [0, 0.05) is 74.2 Å². The largest absolute Gasteiger partial charge is 0.309 e. The number of hydrogen-bond donors (Lipinski definition) is 0. The van der Waals surface area contributed by atoms with E-state index in [4.69, 9.17) is 4.98 Å². The summed E-state index contributed by atoms with van der Waals surface area (Å²) in [4.78, 5) is 11.6. The molecule has 4 heteroatoms. The van der Waals surface area contributed by atoms with E-state index in [1.54, 1.807) is 17.8 Å². The Morgan fingerprint density at radius 3 is 2.48 bits per heavy atom. The lowest BCUT2D eigenvalue weighted by atomic mass is 9.93. The average molecular weight is 880 g/mol. The first-order valence-corrected chi connectivity index (χ1v) is 23.3. The molecule has 4 heterocycles. The van der Waals surface area contributed by atoms with Crippen LogP contribution in [0, 0.1) is 5.92 Å². The van der Waals surface area contributed by atoms with Gasteiger partial charge in [0.15, 0.2) is 0 Å². The first kappa shape index (κ1) is 45.2. The average Bonchev–Trinajstić information content (AvgIpc) is 3.62. The molecule has 0 spiro atoms. The molecule has 3 aromatic heterocycles. The molecular weight excluding hydrogens is 831 g/mol. The number of pyridine rings is 2. The van der Waals surface area contributed by atoms with Crippen LogP contribution in [0.15, 0.2) is 268 Å². The van der Waals surface area contributed by atoms with Gasteiger partial charge in [-0.3, -0.25) is 9.97 Å². The number of benzene rings is 1. The maximum atomic E-state index is 4.75. The molecule has 9 rings (SSSR count). The van der Waals surface area contributed by atoms with E-state index in [0.717, 1.165) is 88.7 Å². The lowest BCUT2D eigenvalue weighted by Crippen LogP contribution is -2.02. The van der Waals surface area contributed by atoms with Gasteiger partial charge in [-0.2, -0.15) is 0 Å². The fourth-order valence-electron chi connectivity index (χ4n) is 7.97. The van der Waals surface area contributed by atoms with E-state index in [1.165, 1.54) is 4.91 Å². The molecule has 0 saturated heterocycles. The van der Waals surface area contributed by atoms with Crippen molar-refractivity contribution in [3.63, 3.8) is 0 Å². The van der Waals surface area contributed by atoms with Crippen molar-refractivity contribution in [3.05, 3.63) is 296 Å². The predicted molar refractivity (Wildman–Crippen MR) is 287 cm³/mol. The highest BCUT2D eigenvalue weighted by Crippen LogP contribution is 2.41. The van der Waals surface area contributed by atoms with Crippen molar-refractivity contribution in [1.82, 2.24) is 14.5 Å². The standard InChI is InChI=1S/C61H43N3S.C2H6/c1-4-6-7-10-21-44(3)46-31-33-53-41-49(39-46)50-40-51(24-19-25-52(42-50)65-53)64-60(20-5-2)56(34-30-45-22-13-14-23-48(38-45)58-28-15-17-36-62-58)57-43-47(32-35-61(57)64)54-26-11-8-9-12-27-55(54)59-29-16-18-37-63-59;1-2/h4-6,8,10-18,20-25,27-37,39-41,43,49H,1H2,2-3H3;1-2H3/b20-5-,34-30+,44-21+,51-40+,55-27+;. The smallest absolute Gasteiger partial charge is 0.0779 e. The maximum absolute atomic E-state index is 4.75. The van der Waals surface area contributed by atoms with Crippen molar-refractivity contribution >= 4 is 57.2 Å². The minimum atomic E-state index is -0.0236. The molecule has 1 unspecified atom stereocenters. The zero-order chi connectivity index (χ0) is 46.4. The summed E-state index contributed by atoms with van der Waals surface area (Å²) < 4.78 is 2.35. The van der Waals surface area contributed by atoms with Crippen LogP contribution in [-0.4, -0.2) is 14.5 Å². The summed E-state index contributed by atoms with van der Waals surface area (Å²) in [6, 6.07) is 18.6. The van der Waals surface area contributed by atoms with Crippen LogP contribution in [0.4, 0.5) is 0 Å². The van der Waals surface area contributed by atoms with Crippen LogP contribution >= 0.6 is 11.8 Å². The van der Waals surface area contributed by atoms with Crippen LogP contribution in [0.1, 0.15) is 55.9 Å². The first-order valence-electron chi connectivity index (χ1n) is 22.5. The SMILES string of the molecule is C=CC=C=C/C=C(\C)C1=CC2C=C(C=C1)SC1=C=C2/C=C(/n2c(/C=C\C)c(/C=C/C3=C=C(c4ccccn4)C=CC=C3)c3cc(C4=C=CC=C=C/C=C\4c4ccccn4)ccc32)C=C=C1.CC. The van der Waals surface area contributed by atoms with Crippen molar-refractivity contribution in [3.8, 4) is 0 Å². The molecule has 0 amide bonds. The van der Waals surface area contributed by atoms with E-state index in [0.29, 0.717) is 0 Å². The second-order valence-electron chi connectivity index (χ2n) is 15.3. The summed E-state index contributed by atoms with van der Waals surface area (Å²) in [7, 11) is 0. The third-order valence-corrected chi connectivity index (χ3v) is 12.0. The first-order chi connectivity index (χ1) is 33.1. The zero-order valence-electron chi connectivity index (χ0n) is 38.2. The Morgan fingerprint density at radius 2 is 1.67 bits per heavy atom. The Bertz CT molecular complexity index is 3400. The second kappa shape index (κ2) is 22.0. The van der Waals surface area contributed by atoms with Gasteiger partial charge in [0.05, 0.1) is 33.2 Å². The van der Waals surface area contributed by atoms with Gasteiger partial charge in [-0.05, 0) is 140 Å². The summed E-state index contributed by atoms with van der Waals surface area (Å²) in [5, 5.41) is 1.07. The molecule has 0 radical (unpaired) electrons. The normalized spacial score (nSPS) is 18.6. The highest BCUT2D eigenvalue weighted by atomic mass is 32.2. The van der Waals surface area contributed by atoms with Crippen LogP contribution in [-0.2, 0) is 0 Å². The Hall–Kier alpha value is -8.33. The summed E-state index contributed by atoms with van der Waals surface area (Å²) in [6.45, 7) is 12.0. The Balaban J connectivity index is 0.00000300. The van der Waals surface area contributed by atoms with Crippen LogP contribution in [0.3, 0.4) is 0 Å². The number of fused-ring (bicyclic) bond motifs is 3. The fourth-order valence-corrected chi connectivity index (χ4v) is 8.87. The minimum Gasteiger partial charge on any atom is -0.309 e. The Kier molecular flexibility index (Phi) is 14.9. The molecule has 322 valence electrons. The summed E-state index contributed by atoms with van der Waals surface area (Å²) in [6.07, 6.45) is 51.4. The molecular formula is C63H49N3S. The van der Waals surface area contributed by atoms with Gasteiger partial charge in [-0.1, -0.05) is 105 Å². The van der Waals surface area contributed by atoms with Gasteiger partial charge in [-0.15, -0.1) is 34.4 Å². The van der Waals surface area contributed by atoms with E-state index in [-0.39, 0.29) is 5.92 Å². The molecule has 0 fully saturated rings. The van der Waals surface area contributed by atoms with Gasteiger partial charge in [0.1, 0.15) is 0 Å². The van der Waals surface area contributed by atoms with Crippen LogP contribution in [0.2, 0.25) is 0 Å². The highest BCUT2D eigenvalue weighted by molar-refractivity contribution is 8.07. The monoisotopic (exact) mass is 879 g/mol. The topological polar surface area (TPSA) is 30.7 Å². The van der Waals surface area contributed by atoms with E-state index in [2.05, 4.69) is 168 Å². The molecule has 4 aromatic rings. The van der Waals surface area contributed by atoms with E-state index in [9.17, 15) is 0 Å². The van der Waals surface area contributed by atoms with Gasteiger partial charge >= 0.3 is 0 Å². The molecule has 1 aliphatic heterocycles. The van der Waals surface area contributed by atoms with E-state index >= 15 is 0 Å². The predicted octanol–water partition coefficient (Wildman–Crippen LogP) is 16.1. The highest BCUT2D eigenvalue weighted by Gasteiger charge is 2.22. The van der Waals surface area contributed by atoms with E-state index in [1.807, 2.05) is 111 Å². The Labute approximate surface area is 399 Å². The summed E-state index contributed by atoms with van der Waals surface area (Å²) in [5.74, 6) is -0.0236. The number of hydrogen-bond acceptors (Lipinski definition) is 3. The van der Waals surface area contributed by atoms with Crippen LogP contribution < -0.4 is 0 Å². The molecule has 4 aliphatic carbocycles. The molecule has 4 bridgehead atoms. The van der Waals surface area contributed by atoms with Crippen LogP contribution in [0.25, 0.3) is 45.5 Å². The number of thioether (sulfide) groups is 1. The van der Waals surface area contributed by atoms with Crippen molar-refractivity contribution in [1.29, 1.82) is 0 Å². The van der Waals surface area contributed by atoms with Crippen molar-refractivity contribution in [2.24, 2.45) is 5.92 Å². The van der Waals surface area contributed by atoms with Gasteiger partial charge < -0.3 is 4.57 Å². The fraction of sp³-hybridized carbons (Fsp3) is 0.0794. The number of nitrogens with zero attached hydrogens (tertiary/aromatic N) is 3. The van der Waals surface area contributed by atoms with E-state index < -0.39 is 0 Å². The maximum Gasteiger partial charge on any atom is 0.0779 e. The minimum absolute atomic E-state index is 0.0236. The Morgan fingerprint density at radius 1 is 0.836 bits per heavy atom. The third-order valence-electron chi connectivity index (χ3n) is 11.0. The van der Waals surface area contributed by atoms with Crippen molar-refractivity contribution in [2.45, 2.75) is 27.7 Å². The van der Waals surface area contributed by atoms with Crippen LogP contribution in [0.5, 0.6) is 0 Å². The molecule has 5 aliphatic rings. The zero-order valence-corrected chi connectivity index (χ0v) is 39.0.